The van der Waals surface area contributed by atoms with Crippen LogP contribution in [-0.2, 0) is 6.42 Å². The zero-order valence-electron chi connectivity index (χ0n) is 62.5. The van der Waals surface area contributed by atoms with Crippen LogP contribution < -0.4 is 14.7 Å². The number of hydrogen-bond acceptors (Lipinski definition) is 3. The number of anilines is 9. The molecule has 1 aliphatic rings. The Bertz CT molecular complexity index is 7020. The summed E-state index contributed by atoms with van der Waals surface area (Å²) in [4.78, 5) is 7.61. The average Bonchev–Trinajstić information content (AvgIpc) is 1.67. The van der Waals surface area contributed by atoms with Gasteiger partial charge in [0.2, 0.25) is 0 Å². The standard InChI is InChI=1S/C108H74N6/c1-4-25-73(26-5-1)76-49-55-82(56-50-76)112-103-43-19-16-40-94(103)97-70-85(61-64-106(97)112)109(100-46-22-34-79-31-10-13-37-91(79)100)88-67-89(110(101-47-23-35-80-32-11-14-38-92(80)101)86-62-65-107-98(71-86)95-41-17-20-44-104(95)113(107)83-57-51-77(52-58-83)74-27-6-2-7-28-74)69-90(68-88)111(102-48-24-36-81-33-12-15-39-93(81)102)87-63-66-108-99(72-87)96-42-18-21-45-105(96)114(108)84-59-53-78(54-60-84)75-29-8-3-9-30-75/h1-20,22-44,46-72H,21,45H2. The molecule has 0 radical (unpaired) electrons. The molecule has 0 aliphatic heterocycles. The van der Waals surface area contributed by atoms with Gasteiger partial charge in [-0.3, -0.25) is 0 Å². The number of fused-ring (bicyclic) bond motifs is 12. The minimum Gasteiger partial charge on any atom is -0.313 e. The van der Waals surface area contributed by atoms with Crippen molar-refractivity contribution in [2.24, 2.45) is 0 Å². The summed E-state index contributed by atoms with van der Waals surface area (Å²) in [5.41, 5.74) is 27.9. The molecule has 536 valence electrons. The minimum atomic E-state index is 0.922. The van der Waals surface area contributed by atoms with E-state index in [2.05, 4.69) is 453 Å². The van der Waals surface area contributed by atoms with Crippen molar-refractivity contribution < 1.29 is 0 Å². The van der Waals surface area contributed by atoms with Crippen LogP contribution >= 0.6 is 0 Å². The van der Waals surface area contributed by atoms with E-state index in [1.807, 2.05) is 0 Å². The first-order valence-corrected chi connectivity index (χ1v) is 39.4. The van der Waals surface area contributed by atoms with Crippen LogP contribution in [0.5, 0.6) is 0 Å². The van der Waals surface area contributed by atoms with Crippen LogP contribution in [0.4, 0.5) is 51.2 Å². The summed E-state index contributed by atoms with van der Waals surface area (Å²) in [5.74, 6) is 0. The molecule has 1 aliphatic carbocycles. The van der Waals surface area contributed by atoms with Gasteiger partial charge in [0.15, 0.2) is 0 Å². The fourth-order valence-electron chi connectivity index (χ4n) is 18.2. The third kappa shape index (κ3) is 11.2. The highest BCUT2D eigenvalue weighted by atomic mass is 15.2. The molecule has 0 atom stereocenters. The van der Waals surface area contributed by atoms with Gasteiger partial charge in [-0.15, -0.1) is 0 Å². The van der Waals surface area contributed by atoms with E-state index in [1.54, 1.807) is 0 Å². The summed E-state index contributed by atoms with van der Waals surface area (Å²) in [5, 5.41) is 12.7. The molecular weight excluding hydrogens is 1380 g/mol. The molecule has 0 bridgehead atoms. The molecule has 22 rings (SSSR count). The Morgan fingerprint density at radius 1 is 0.202 bits per heavy atom. The monoisotopic (exact) mass is 1450 g/mol. The summed E-state index contributed by atoms with van der Waals surface area (Å²) >= 11 is 0. The Morgan fingerprint density at radius 2 is 0.500 bits per heavy atom. The third-order valence-electron chi connectivity index (χ3n) is 23.4. The molecule has 6 nitrogen and oxygen atoms in total. The summed E-state index contributed by atoms with van der Waals surface area (Å²) in [7, 11) is 0. The van der Waals surface area contributed by atoms with Crippen molar-refractivity contribution in [1.29, 1.82) is 0 Å². The van der Waals surface area contributed by atoms with Gasteiger partial charge >= 0.3 is 0 Å². The second-order valence-electron chi connectivity index (χ2n) is 29.9. The van der Waals surface area contributed by atoms with Crippen molar-refractivity contribution in [3.8, 4) is 50.4 Å². The van der Waals surface area contributed by atoms with Crippen LogP contribution in [-0.4, -0.2) is 13.7 Å². The predicted octanol–water partition coefficient (Wildman–Crippen LogP) is 29.7. The van der Waals surface area contributed by atoms with Gasteiger partial charge in [-0.25, -0.2) is 0 Å². The van der Waals surface area contributed by atoms with Crippen molar-refractivity contribution >= 4 is 144 Å². The highest BCUT2D eigenvalue weighted by molar-refractivity contribution is 6.14. The topological polar surface area (TPSA) is 24.5 Å². The summed E-state index contributed by atoms with van der Waals surface area (Å²) < 4.78 is 7.39. The SMILES string of the molecule is C1=Cc2c(n(-c3ccc(-c4ccccc4)cc3)c3ccc(N(c4cc(N(c5ccc6c(c5)c5ccccc5n6-c5ccc(-c6ccccc6)cc5)c5cccc6ccccc56)cc(N(c5ccc6c(c5)c5ccccc5n6-c5ccc(-c6ccccc6)cc5)c5cccc6ccccc56)c4)c4cccc5ccccc45)cc23)CC1. The maximum absolute atomic E-state index is 2.54. The van der Waals surface area contributed by atoms with Crippen molar-refractivity contribution in [1.82, 2.24) is 13.7 Å². The number of aromatic nitrogens is 3. The molecule has 3 aromatic heterocycles. The number of benzene rings is 18. The normalized spacial score (nSPS) is 12.1. The molecule has 21 aromatic rings. The van der Waals surface area contributed by atoms with E-state index in [1.165, 1.54) is 66.3 Å². The molecule has 0 saturated carbocycles. The fourth-order valence-corrected chi connectivity index (χ4v) is 18.2. The van der Waals surface area contributed by atoms with E-state index < -0.39 is 0 Å². The zero-order valence-corrected chi connectivity index (χ0v) is 62.5. The van der Waals surface area contributed by atoms with E-state index in [0.29, 0.717) is 0 Å². The van der Waals surface area contributed by atoms with Gasteiger partial charge in [-0.05, 0) is 202 Å². The molecule has 0 spiro atoms. The van der Waals surface area contributed by atoms with Crippen LogP contribution in [0.1, 0.15) is 17.7 Å². The lowest BCUT2D eigenvalue weighted by Crippen LogP contribution is -2.17. The Labute approximate surface area is 661 Å². The Kier molecular flexibility index (Phi) is 16.0. The molecule has 0 saturated heterocycles. The second kappa shape index (κ2) is 27.5. The first-order valence-electron chi connectivity index (χ1n) is 39.4. The molecule has 6 heteroatoms. The van der Waals surface area contributed by atoms with Gasteiger partial charge in [0.1, 0.15) is 0 Å². The predicted molar refractivity (Wildman–Crippen MR) is 482 cm³/mol. The number of allylic oxidation sites excluding steroid dienone is 1. The third-order valence-corrected chi connectivity index (χ3v) is 23.4. The molecule has 3 heterocycles. The minimum absolute atomic E-state index is 0.922. The van der Waals surface area contributed by atoms with E-state index >= 15 is 0 Å². The molecular formula is C108H74N6. The number of para-hydroxylation sites is 2. The van der Waals surface area contributed by atoms with Crippen molar-refractivity contribution in [2.75, 3.05) is 14.7 Å². The fraction of sp³-hybridized carbons (Fsp3) is 0.0185. The largest absolute Gasteiger partial charge is 0.313 e. The van der Waals surface area contributed by atoms with Gasteiger partial charge in [0.05, 0.1) is 61.7 Å². The molecule has 0 unspecified atom stereocenters. The van der Waals surface area contributed by atoms with Gasteiger partial charge in [0, 0.05) is 88.5 Å². The lowest BCUT2D eigenvalue weighted by molar-refractivity contribution is 0.888. The van der Waals surface area contributed by atoms with Crippen LogP contribution in [0.2, 0.25) is 0 Å². The first-order chi connectivity index (χ1) is 56.5. The molecule has 0 amide bonds. The highest BCUT2D eigenvalue weighted by Gasteiger charge is 2.29. The maximum atomic E-state index is 2.54. The van der Waals surface area contributed by atoms with Crippen LogP contribution in [0.3, 0.4) is 0 Å². The van der Waals surface area contributed by atoms with E-state index in [-0.39, 0.29) is 0 Å². The number of hydrogen-bond donors (Lipinski definition) is 0. The van der Waals surface area contributed by atoms with Gasteiger partial charge in [-0.2, -0.15) is 0 Å². The lowest BCUT2D eigenvalue weighted by atomic mass is 10.0. The summed E-state index contributed by atoms with van der Waals surface area (Å²) in [6.07, 6.45) is 6.62. The molecule has 114 heavy (non-hydrogen) atoms. The van der Waals surface area contributed by atoms with Crippen LogP contribution in [0, 0.1) is 0 Å². The Morgan fingerprint density at radius 3 is 0.886 bits per heavy atom. The molecule has 18 aromatic carbocycles. The van der Waals surface area contributed by atoms with Gasteiger partial charge in [0.25, 0.3) is 0 Å². The van der Waals surface area contributed by atoms with Crippen molar-refractivity contribution in [3.63, 3.8) is 0 Å². The highest BCUT2D eigenvalue weighted by Crippen LogP contribution is 2.52. The average molecular weight is 1460 g/mol. The number of rotatable bonds is 15. The second-order valence-corrected chi connectivity index (χ2v) is 29.9. The van der Waals surface area contributed by atoms with Gasteiger partial charge in [-0.1, -0.05) is 285 Å². The summed E-state index contributed by atoms with van der Waals surface area (Å²) in [6, 6.07) is 153. The Balaban J connectivity index is 0.816. The van der Waals surface area contributed by atoms with Gasteiger partial charge < -0.3 is 28.4 Å². The van der Waals surface area contributed by atoms with Crippen LogP contribution in [0.15, 0.2) is 419 Å². The number of nitrogens with zero attached hydrogens (tertiary/aromatic N) is 6. The molecule has 0 N–H and O–H groups in total. The van der Waals surface area contributed by atoms with Crippen molar-refractivity contribution in [2.45, 2.75) is 12.8 Å². The maximum Gasteiger partial charge on any atom is 0.0542 e. The zero-order chi connectivity index (χ0) is 75.2. The summed E-state index contributed by atoms with van der Waals surface area (Å²) in [6.45, 7) is 0. The quantitative estimate of drug-likeness (QED) is 0.102. The molecule has 0 fully saturated rings. The Hall–Kier alpha value is -15.0. The van der Waals surface area contributed by atoms with E-state index in [0.717, 1.165) is 146 Å². The van der Waals surface area contributed by atoms with Crippen molar-refractivity contribution in [3.05, 3.63) is 430 Å². The smallest absolute Gasteiger partial charge is 0.0542 e. The van der Waals surface area contributed by atoms with Crippen LogP contribution in [0.25, 0.3) is 143 Å². The van der Waals surface area contributed by atoms with E-state index in [4.69, 9.17) is 0 Å². The van der Waals surface area contributed by atoms with E-state index in [9.17, 15) is 0 Å². The lowest BCUT2D eigenvalue weighted by Gasteiger charge is -2.34. The first kappa shape index (κ1) is 66.0.